The number of aromatic nitrogens is 1. The lowest BCUT2D eigenvalue weighted by Gasteiger charge is -2.25. The fraction of sp³-hybridized carbons (Fsp3) is 0.600. The van der Waals surface area contributed by atoms with Crippen molar-refractivity contribution < 1.29 is 14.3 Å². The zero-order chi connectivity index (χ0) is 15.5. The number of hydrogen-bond acceptors (Lipinski definition) is 4. The molecule has 21 heavy (non-hydrogen) atoms. The number of nitrogens with one attached hydrogen (secondary N) is 1. The van der Waals surface area contributed by atoms with Crippen LogP contribution in [0.5, 0.6) is 5.88 Å². The normalized spacial score (nSPS) is 21.9. The lowest BCUT2D eigenvalue weighted by Crippen LogP contribution is -2.44. The van der Waals surface area contributed by atoms with Gasteiger partial charge in [0.25, 0.3) is 0 Å². The van der Waals surface area contributed by atoms with Crippen LogP contribution < -0.4 is 10.1 Å². The molecule has 1 N–H and O–H groups in total. The largest absolute Gasteiger partial charge is 0.472 e. The second-order valence-electron chi connectivity index (χ2n) is 6.15. The average Bonchev–Trinajstić information content (AvgIpc) is 2.77. The number of pyridine rings is 1. The van der Waals surface area contributed by atoms with E-state index in [9.17, 15) is 4.79 Å². The standard InChI is InChI=1S/C15H21BrN2O3/c1-15(2,3)21-14(19)18-11-5-4-6-12(11)20-13-8-7-10(16)9-17-13/h7-9,11-12H,4-6H2,1-3H3,(H,18,19)/t11-,12-/m0/s1. The van der Waals surface area contributed by atoms with E-state index in [1.54, 1.807) is 6.20 Å². The zero-order valence-electron chi connectivity index (χ0n) is 12.6. The van der Waals surface area contributed by atoms with E-state index in [0.29, 0.717) is 5.88 Å². The molecule has 1 heterocycles. The number of hydrogen-bond donors (Lipinski definition) is 1. The predicted molar refractivity (Wildman–Crippen MR) is 83.4 cm³/mol. The molecule has 1 saturated carbocycles. The molecule has 2 atom stereocenters. The van der Waals surface area contributed by atoms with Crippen molar-refractivity contribution in [2.75, 3.05) is 0 Å². The molecule has 0 spiro atoms. The fourth-order valence-corrected chi connectivity index (χ4v) is 2.51. The summed E-state index contributed by atoms with van der Waals surface area (Å²) in [4.78, 5) is 16.0. The number of halogens is 1. The maximum Gasteiger partial charge on any atom is 0.408 e. The van der Waals surface area contributed by atoms with Gasteiger partial charge in [-0.25, -0.2) is 9.78 Å². The van der Waals surface area contributed by atoms with Gasteiger partial charge in [0.2, 0.25) is 5.88 Å². The minimum absolute atomic E-state index is 0.0368. The van der Waals surface area contributed by atoms with E-state index in [1.807, 2.05) is 32.9 Å². The van der Waals surface area contributed by atoms with Crippen LogP contribution in [0.1, 0.15) is 40.0 Å². The van der Waals surface area contributed by atoms with Crippen molar-refractivity contribution in [3.63, 3.8) is 0 Å². The first-order valence-corrected chi connectivity index (χ1v) is 7.90. The summed E-state index contributed by atoms with van der Waals surface area (Å²) in [6.07, 6.45) is 4.04. The number of amides is 1. The van der Waals surface area contributed by atoms with E-state index in [0.717, 1.165) is 23.7 Å². The SMILES string of the molecule is CC(C)(C)OC(=O)N[C@H]1CCC[C@@H]1Oc1ccc(Br)cn1. The number of alkyl carbamates (subject to hydrolysis) is 1. The highest BCUT2D eigenvalue weighted by Crippen LogP contribution is 2.24. The molecule has 1 aliphatic rings. The highest BCUT2D eigenvalue weighted by Gasteiger charge is 2.32. The topological polar surface area (TPSA) is 60.5 Å². The maximum atomic E-state index is 11.8. The molecule has 0 unspecified atom stereocenters. The molecule has 1 aromatic heterocycles. The van der Waals surface area contributed by atoms with Crippen molar-refractivity contribution in [3.05, 3.63) is 22.8 Å². The molecule has 0 radical (unpaired) electrons. The molecule has 1 fully saturated rings. The van der Waals surface area contributed by atoms with Crippen molar-refractivity contribution in [1.29, 1.82) is 0 Å². The first kappa shape index (κ1) is 16.1. The molecule has 0 aromatic carbocycles. The Morgan fingerprint density at radius 1 is 1.38 bits per heavy atom. The van der Waals surface area contributed by atoms with Crippen LogP contribution in [0, 0.1) is 0 Å². The highest BCUT2D eigenvalue weighted by atomic mass is 79.9. The van der Waals surface area contributed by atoms with E-state index in [2.05, 4.69) is 26.2 Å². The van der Waals surface area contributed by atoms with Crippen LogP contribution in [0.15, 0.2) is 22.8 Å². The smallest absolute Gasteiger partial charge is 0.408 e. The second-order valence-corrected chi connectivity index (χ2v) is 7.07. The summed E-state index contributed by atoms with van der Waals surface area (Å²) in [7, 11) is 0. The average molecular weight is 357 g/mol. The quantitative estimate of drug-likeness (QED) is 0.897. The lowest BCUT2D eigenvalue weighted by molar-refractivity contribution is 0.0462. The van der Waals surface area contributed by atoms with Gasteiger partial charge in [-0.05, 0) is 62.0 Å². The molecule has 0 saturated heterocycles. The number of carbonyl (C=O) groups is 1. The van der Waals surface area contributed by atoms with Crippen molar-refractivity contribution in [2.45, 2.75) is 57.8 Å². The Labute approximate surface area is 133 Å². The first-order valence-electron chi connectivity index (χ1n) is 7.11. The van der Waals surface area contributed by atoms with Gasteiger partial charge in [-0.15, -0.1) is 0 Å². The minimum atomic E-state index is -0.494. The van der Waals surface area contributed by atoms with Crippen LogP contribution in [-0.2, 0) is 4.74 Å². The summed E-state index contributed by atoms with van der Waals surface area (Å²) >= 11 is 3.34. The number of rotatable bonds is 3. The Morgan fingerprint density at radius 2 is 2.14 bits per heavy atom. The van der Waals surface area contributed by atoms with E-state index in [4.69, 9.17) is 9.47 Å². The highest BCUT2D eigenvalue weighted by molar-refractivity contribution is 9.10. The van der Waals surface area contributed by atoms with Gasteiger partial charge in [-0.2, -0.15) is 0 Å². The Kier molecular flexibility index (Phi) is 5.08. The summed E-state index contributed by atoms with van der Waals surface area (Å²) in [5.74, 6) is 0.570. The molecule has 0 bridgehead atoms. The molecular weight excluding hydrogens is 336 g/mol. The Hall–Kier alpha value is -1.30. The molecular formula is C15H21BrN2O3. The van der Waals surface area contributed by atoms with Gasteiger partial charge in [-0.1, -0.05) is 0 Å². The molecule has 1 amide bonds. The van der Waals surface area contributed by atoms with E-state index >= 15 is 0 Å². The first-order chi connectivity index (χ1) is 9.83. The van der Waals surface area contributed by atoms with Gasteiger partial charge < -0.3 is 14.8 Å². The number of nitrogens with zero attached hydrogens (tertiary/aromatic N) is 1. The van der Waals surface area contributed by atoms with Crippen LogP contribution in [0.3, 0.4) is 0 Å². The molecule has 1 aromatic rings. The summed E-state index contributed by atoms with van der Waals surface area (Å²) in [5.41, 5.74) is -0.494. The predicted octanol–water partition coefficient (Wildman–Crippen LogP) is 3.67. The third-order valence-electron chi connectivity index (χ3n) is 3.13. The van der Waals surface area contributed by atoms with Crippen molar-refractivity contribution >= 4 is 22.0 Å². The zero-order valence-corrected chi connectivity index (χ0v) is 14.1. The van der Waals surface area contributed by atoms with Gasteiger partial charge in [0, 0.05) is 16.7 Å². The number of ether oxygens (including phenoxy) is 2. The molecule has 1 aliphatic carbocycles. The van der Waals surface area contributed by atoms with Crippen LogP contribution in [0.25, 0.3) is 0 Å². The summed E-state index contributed by atoms with van der Waals surface area (Å²) in [6.45, 7) is 5.54. The molecule has 116 valence electrons. The molecule has 5 nitrogen and oxygen atoms in total. The van der Waals surface area contributed by atoms with Crippen LogP contribution in [0.4, 0.5) is 4.79 Å². The van der Waals surface area contributed by atoms with Crippen LogP contribution in [-0.4, -0.2) is 28.8 Å². The summed E-state index contributed by atoms with van der Waals surface area (Å²) < 4.78 is 12.1. The Morgan fingerprint density at radius 3 is 2.76 bits per heavy atom. The Balaban J connectivity index is 1.91. The van der Waals surface area contributed by atoms with Crippen LogP contribution >= 0.6 is 15.9 Å². The van der Waals surface area contributed by atoms with Gasteiger partial charge >= 0.3 is 6.09 Å². The second kappa shape index (κ2) is 6.64. The summed E-state index contributed by atoms with van der Waals surface area (Å²) in [5, 5.41) is 2.89. The molecule has 6 heteroatoms. The maximum absolute atomic E-state index is 11.8. The monoisotopic (exact) mass is 356 g/mol. The van der Waals surface area contributed by atoms with E-state index in [1.165, 1.54) is 0 Å². The van der Waals surface area contributed by atoms with Gasteiger partial charge in [0.15, 0.2) is 0 Å². The lowest BCUT2D eigenvalue weighted by atomic mass is 10.2. The molecule has 0 aliphatic heterocycles. The minimum Gasteiger partial charge on any atom is -0.472 e. The fourth-order valence-electron chi connectivity index (χ4n) is 2.28. The van der Waals surface area contributed by atoms with Gasteiger partial charge in [0.05, 0.1) is 6.04 Å². The number of carbonyl (C=O) groups excluding carboxylic acids is 1. The van der Waals surface area contributed by atoms with Gasteiger partial charge in [0.1, 0.15) is 11.7 Å². The van der Waals surface area contributed by atoms with E-state index in [-0.39, 0.29) is 12.1 Å². The van der Waals surface area contributed by atoms with E-state index < -0.39 is 11.7 Å². The Bertz CT molecular complexity index is 485. The third kappa shape index (κ3) is 5.19. The molecule has 2 rings (SSSR count). The van der Waals surface area contributed by atoms with Crippen molar-refractivity contribution in [2.24, 2.45) is 0 Å². The van der Waals surface area contributed by atoms with Gasteiger partial charge in [-0.3, -0.25) is 0 Å². The third-order valence-corrected chi connectivity index (χ3v) is 3.60. The van der Waals surface area contributed by atoms with Crippen molar-refractivity contribution in [1.82, 2.24) is 10.3 Å². The van der Waals surface area contributed by atoms with Crippen molar-refractivity contribution in [3.8, 4) is 5.88 Å². The summed E-state index contributed by atoms with van der Waals surface area (Å²) in [6, 6.07) is 3.66. The van der Waals surface area contributed by atoms with Crippen LogP contribution in [0.2, 0.25) is 0 Å².